The number of Topliss-reactive ketones (excluding diaryl/α,β-unsaturated/α-hetero) is 1. The minimum absolute atomic E-state index is 0.0234. The molecular weight excluding hydrogens is 265 g/mol. The lowest BCUT2D eigenvalue weighted by Crippen LogP contribution is -2.51. The number of halogens is 2. The van der Waals surface area contributed by atoms with Crippen molar-refractivity contribution in [2.45, 2.75) is 44.6 Å². The molecule has 0 aliphatic heterocycles. The zero-order valence-corrected chi connectivity index (χ0v) is 11.8. The van der Waals surface area contributed by atoms with Gasteiger partial charge in [-0.2, -0.15) is 0 Å². The summed E-state index contributed by atoms with van der Waals surface area (Å²) in [6, 6.07) is 4.27. The Morgan fingerprint density at radius 3 is 3.00 bits per heavy atom. The number of ketones is 1. The van der Waals surface area contributed by atoms with E-state index in [0.717, 1.165) is 12.8 Å². The molecule has 0 amide bonds. The van der Waals surface area contributed by atoms with E-state index in [4.69, 9.17) is 17.3 Å². The summed E-state index contributed by atoms with van der Waals surface area (Å²) in [5, 5.41) is 0.437. The van der Waals surface area contributed by atoms with Gasteiger partial charge in [-0.1, -0.05) is 31.4 Å². The number of hydrogen-bond acceptors (Lipinski definition) is 2. The van der Waals surface area contributed by atoms with E-state index in [0.29, 0.717) is 29.3 Å². The van der Waals surface area contributed by atoms with Gasteiger partial charge in [0.2, 0.25) is 0 Å². The van der Waals surface area contributed by atoms with Crippen LogP contribution in [0.15, 0.2) is 18.2 Å². The minimum Gasteiger partial charge on any atom is -0.319 e. The summed E-state index contributed by atoms with van der Waals surface area (Å²) >= 11 is 5.83. The van der Waals surface area contributed by atoms with Crippen molar-refractivity contribution >= 4 is 17.4 Å². The molecule has 1 fully saturated rings. The predicted molar refractivity (Wildman–Crippen MR) is 74.7 cm³/mol. The SMILES string of the molecule is CC1CCCC(N)(C(=O)Cc2cc(Cl)ccc2F)C1. The topological polar surface area (TPSA) is 43.1 Å². The van der Waals surface area contributed by atoms with E-state index in [2.05, 4.69) is 6.92 Å². The highest BCUT2D eigenvalue weighted by Gasteiger charge is 2.37. The summed E-state index contributed by atoms with van der Waals surface area (Å²) in [7, 11) is 0. The fourth-order valence-electron chi connectivity index (χ4n) is 2.87. The van der Waals surface area contributed by atoms with Crippen LogP contribution in [0.25, 0.3) is 0 Å². The molecule has 1 aliphatic carbocycles. The molecule has 4 heteroatoms. The van der Waals surface area contributed by atoms with Crippen molar-refractivity contribution in [2.75, 3.05) is 0 Å². The maximum atomic E-state index is 13.6. The van der Waals surface area contributed by atoms with Gasteiger partial charge in [0.15, 0.2) is 5.78 Å². The highest BCUT2D eigenvalue weighted by Crippen LogP contribution is 2.32. The number of carbonyl (C=O) groups is 1. The van der Waals surface area contributed by atoms with Crippen LogP contribution >= 0.6 is 11.6 Å². The molecule has 1 aliphatic rings. The predicted octanol–water partition coefficient (Wildman–Crippen LogP) is 3.50. The number of rotatable bonds is 3. The van der Waals surface area contributed by atoms with Crippen molar-refractivity contribution in [2.24, 2.45) is 11.7 Å². The normalized spacial score (nSPS) is 27.3. The van der Waals surface area contributed by atoms with Crippen LogP contribution in [0.5, 0.6) is 0 Å². The first-order chi connectivity index (χ1) is 8.90. The van der Waals surface area contributed by atoms with Crippen LogP contribution in [-0.2, 0) is 11.2 Å². The maximum absolute atomic E-state index is 13.6. The van der Waals surface area contributed by atoms with Crippen LogP contribution in [-0.4, -0.2) is 11.3 Å². The summed E-state index contributed by atoms with van der Waals surface area (Å²) in [5.41, 5.74) is 5.76. The molecule has 0 radical (unpaired) electrons. The molecule has 2 rings (SSSR count). The largest absolute Gasteiger partial charge is 0.319 e. The van der Waals surface area contributed by atoms with Gasteiger partial charge in [0, 0.05) is 11.4 Å². The van der Waals surface area contributed by atoms with Gasteiger partial charge < -0.3 is 5.73 Å². The Balaban J connectivity index is 2.14. The molecule has 1 aromatic carbocycles. The Morgan fingerprint density at radius 2 is 2.32 bits per heavy atom. The monoisotopic (exact) mass is 283 g/mol. The Labute approximate surface area is 118 Å². The lowest BCUT2D eigenvalue weighted by Gasteiger charge is -2.35. The third kappa shape index (κ3) is 3.34. The molecule has 0 aromatic heterocycles. The average Bonchev–Trinajstić information content (AvgIpc) is 2.33. The van der Waals surface area contributed by atoms with E-state index in [1.807, 2.05) is 0 Å². The Hall–Kier alpha value is -0.930. The molecule has 2 atom stereocenters. The van der Waals surface area contributed by atoms with Gasteiger partial charge in [-0.25, -0.2) is 4.39 Å². The summed E-state index contributed by atoms with van der Waals surface area (Å²) in [6.07, 6.45) is 3.47. The first-order valence-corrected chi connectivity index (χ1v) is 7.04. The molecule has 2 N–H and O–H groups in total. The molecule has 2 nitrogen and oxygen atoms in total. The summed E-state index contributed by atoms with van der Waals surface area (Å²) in [4.78, 5) is 12.4. The van der Waals surface area contributed by atoms with Crippen LogP contribution < -0.4 is 5.73 Å². The van der Waals surface area contributed by atoms with Crippen LogP contribution in [0.4, 0.5) is 4.39 Å². The molecule has 19 heavy (non-hydrogen) atoms. The van der Waals surface area contributed by atoms with Crippen LogP contribution in [0, 0.1) is 11.7 Å². The Morgan fingerprint density at radius 1 is 1.58 bits per heavy atom. The van der Waals surface area contributed by atoms with Crippen LogP contribution in [0.2, 0.25) is 5.02 Å². The van der Waals surface area contributed by atoms with Gasteiger partial charge >= 0.3 is 0 Å². The summed E-state index contributed by atoms with van der Waals surface area (Å²) < 4.78 is 13.6. The van der Waals surface area contributed by atoms with E-state index in [1.54, 1.807) is 0 Å². The third-order valence-electron chi connectivity index (χ3n) is 3.95. The first kappa shape index (κ1) is 14.5. The molecular formula is C15H19ClFNO. The maximum Gasteiger partial charge on any atom is 0.157 e. The smallest absolute Gasteiger partial charge is 0.157 e. The second-order valence-corrected chi connectivity index (χ2v) is 6.13. The number of benzene rings is 1. The molecule has 2 unspecified atom stereocenters. The third-order valence-corrected chi connectivity index (χ3v) is 4.18. The van der Waals surface area contributed by atoms with E-state index in [1.165, 1.54) is 18.2 Å². The van der Waals surface area contributed by atoms with E-state index >= 15 is 0 Å². The molecule has 1 aromatic rings. The van der Waals surface area contributed by atoms with Crippen LogP contribution in [0.3, 0.4) is 0 Å². The fourth-order valence-corrected chi connectivity index (χ4v) is 3.07. The van der Waals surface area contributed by atoms with Crippen molar-refractivity contribution < 1.29 is 9.18 Å². The van der Waals surface area contributed by atoms with Gasteiger partial charge in [-0.15, -0.1) is 0 Å². The molecule has 0 bridgehead atoms. The van der Waals surface area contributed by atoms with Crippen molar-refractivity contribution in [3.05, 3.63) is 34.6 Å². The molecule has 1 saturated carbocycles. The minimum atomic E-state index is -0.799. The second-order valence-electron chi connectivity index (χ2n) is 5.69. The quantitative estimate of drug-likeness (QED) is 0.923. The molecule has 0 spiro atoms. The van der Waals surface area contributed by atoms with Gasteiger partial charge in [0.1, 0.15) is 5.82 Å². The van der Waals surface area contributed by atoms with Gasteiger partial charge in [0.05, 0.1) is 5.54 Å². The molecule has 104 valence electrons. The number of nitrogens with two attached hydrogens (primary N) is 1. The van der Waals surface area contributed by atoms with Crippen molar-refractivity contribution in [3.8, 4) is 0 Å². The van der Waals surface area contributed by atoms with Gasteiger partial charge in [0.25, 0.3) is 0 Å². The second kappa shape index (κ2) is 5.59. The average molecular weight is 284 g/mol. The molecule has 0 saturated heterocycles. The first-order valence-electron chi connectivity index (χ1n) is 6.67. The van der Waals surface area contributed by atoms with E-state index < -0.39 is 11.4 Å². The lowest BCUT2D eigenvalue weighted by atomic mass is 9.73. The number of carbonyl (C=O) groups excluding carboxylic acids is 1. The Kier molecular flexibility index (Phi) is 4.26. The van der Waals surface area contributed by atoms with Gasteiger partial charge in [-0.05, 0) is 42.5 Å². The number of hydrogen-bond donors (Lipinski definition) is 1. The lowest BCUT2D eigenvalue weighted by molar-refractivity contribution is -0.125. The standard InChI is InChI=1S/C15H19ClFNO/c1-10-3-2-6-15(18,9-10)14(19)8-11-7-12(16)4-5-13(11)17/h4-5,7,10H,2-3,6,8-9,18H2,1H3. The summed E-state index contributed by atoms with van der Waals surface area (Å²) in [5.74, 6) is -0.0302. The highest BCUT2D eigenvalue weighted by molar-refractivity contribution is 6.30. The summed E-state index contributed by atoms with van der Waals surface area (Å²) in [6.45, 7) is 2.11. The highest BCUT2D eigenvalue weighted by atomic mass is 35.5. The van der Waals surface area contributed by atoms with Crippen LogP contribution in [0.1, 0.15) is 38.2 Å². The fraction of sp³-hybridized carbons (Fsp3) is 0.533. The van der Waals surface area contributed by atoms with Gasteiger partial charge in [-0.3, -0.25) is 4.79 Å². The van der Waals surface area contributed by atoms with E-state index in [-0.39, 0.29) is 12.2 Å². The Bertz CT molecular complexity index is 491. The zero-order valence-electron chi connectivity index (χ0n) is 11.1. The molecule has 0 heterocycles. The van der Waals surface area contributed by atoms with Crippen molar-refractivity contribution in [3.63, 3.8) is 0 Å². The zero-order chi connectivity index (χ0) is 14.0. The van der Waals surface area contributed by atoms with E-state index in [9.17, 15) is 9.18 Å². The van der Waals surface area contributed by atoms with Crippen molar-refractivity contribution in [1.29, 1.82) is 0 Å². The van der Waals surface area contributed by atoms with Crippen molar-refractivity contribution in [1.82, 2.24) is 0 Å².